The minimum Gasteiger partial charge on any atom is -0.493 e. The van der Waals surface area contributed by atoms with Gasteiger partial charge in [-0.2, -0.15) is 0 Å². The maximum Gasteiger partial charge on any atom is 0.275 e. The molecule has 0 saturated heterocycles. The number of hydrogen-bond acceptors (Lipinski definition) is 8. The number of methoxy groups -OCH3 is 3. The molecule has 1 unspecified atom stereocenters. The zero-order chi connectivity index (χ0) is 26.2. The molecule has 9 nitrogen and oxygen atoms in total. The Morgan fingerprint density at radius 2 is 1.81 bits per heavy atom. The molecule has 0 bridgehead atoms. The number of carbonyl (C=O) groups is 2. The number of ether oxygens (including phenoxy) is 3. The molecule has 10 heteroatoms. The third-order valence-electron chi connectivity index (χ3n) is 6.46. The molecule has 37 heavy (non-hydrogen) atoms. The molecule has 1 aromatic carbocycles. The van der Waals surface area contributed by atoms with Crippen molar-refractivity contribution < 1.29 is 23.8 Å². The van der Waals surface area contributed by atoms with Crippen molar-refractivity contribution in [2.45, 2.75) is 50.7 Å². The molecule has 1 atom stereocenters. The minimum atomic E-state index is -0.979. The van der Waals surface area contributed by atoms with E-state index in [0.717, 1.165) is 30.6 Å². The van der Waals surface area contributed by atoms with Gasteiger partial charge in [-0.15, -0.1) is 11.3 Å². The maximum atomic E-state index is 14.0. The van der Waals surface area contributed by atoms with E-state index in [1.54, 1.807) is 12.1 Å². The molecule has 196 valence electrons. The van der Waals surface area contributed by atoms with E-state index in [0.29, 0.717) is 22.8 Å². The fourth-order valence-corrected chi connectivity index (χ4v) is 5.37. The third-order valence-corrected chi connectivity index (χ3v) is 7.32. The highest BCUT2D eigenvalue weighted by Gasteiger charge is 2.35. The van der Waals surface area contributed by atoms with Gasteiger partial charge in [0.25, 0.3) is 5.91 Å². The molecule has 1 N–H and O–H groups in total. The first-order valence-corrected chi connectivity index (χ1v) is 13.1. The van der Waals surface area contributed by atoms with Gasteiger partial charge in [-0.25, -0.2) is 4.98 Å². The first-order chi connectivity index (χ1) is 18.0. The number of hydrogen-bond donors (Lipinski definition) is 1. The lowest BCUT2D eigenvalue weighted by Gasteiger charge is -2.33. The number of benzene rings is 1. The SMILES string of the molecule is COc1cc(C(C(=O)NC2CCCCC2)N(Cc2cccs2)C(=O)c2cnccn2)cc(OC)c1OC. The second kappa shape index (κ2) is 12.5. The van der Waals surface area contributed by atoms with Crippen molar-refractivity contribution in [3.63, 3.8) is 0 Å². The van der Waals surface area contributed by atoms with Crippen molar-refractivity contribution in [3.05, 3.63) is 64.4 Å². The van der Waals surface area contributed by atoms with Crippen molar-refractivity contribution in [2.24, 2.45) is 0 Å². The first kappa shape index (κ1) is 26.4. The summed E-state index contributed by atoms with van der Waals surface area (Å²) in [5.74, 6) is 0.532. The summed E-state index contributed by atoms with van der Waals surface area (Å²) < 4.78 is 16.6. The number of nitrogens with one attached hydrogen (secondary N) is 1. The molecule has 4 rings (SSSR count). The van der Waals surface area contributed by atoms with E-state index >= 15 is 0 Å². The summed E-state index contributed by atoms with van der Waals surface area (Å²) in [5.41, 5.74) is 0.693. The molecule has 0 radical (unpaired) electrons. The fourth-order valence-electron chi connectivity index (χ4n) is 4.67. The summed E-state index contributed by atoms with van der Waals surface area (Å²) >= 11 is 1.51. The van der Waals surface area contributed by atoms with Gasteiger partial charge < -0.3 is 24.4 Å². The van der Waals surface area contributed by atoms with E-state index in [9.17, 15) is 9.59 Å². The van der Waals surface area contributed by atoms with Gasteiger partial charge in [0.05, 0.1) is 34.1 Å². The fraction of sp³-hybridized carbons (Fsp3) is 0.407. The van der Waals surface area contributed by atoms with Gasteiger partial charge in [-0.05, 0) is 42.0 Å². The summed E-state index contributed by atoms with van der Waals surface area (Å²) in [6, 6.07) is 6.37. The predicted molar refractivity (Wildman–Crippen MR) is 140 cm³/mol. The first-order valence-electron chi connectivity index (χ1n) is 12.2. The second-order valence-corrected chi connectivity index (χ2v) is 9.84. The minimum absolute atomic E-state index is 0.0565. The Bertz CT molecular complexity index is 1160. The average molecular weight is 525 g/mol. The van der Waals surface area contributed by atoms with E-state index in [-0.39, 0.29) is 24.2 Å². The van der Waals surface area contributed by atoms with Crippen LogP contribution < -0.4 is 19.5 Å². The molecule has 2 heterocycles. The molecule has 1 aliphatic rings. The van der Waals surface area contributed by atoms with E-state index < -0.39 is 11.9 Å². The van der Waals surface area contributed by atoms with Crippen molar-refractivity contribution >= 4 is 23.2 Å². The molecule has 2 aromatic heterocycles. The van der Waals surface area contributed by atoms with E-state index in [2.05, 4.69) is 15.3 Å². The van der Waals surface area contributed by atoms with Gasteiger partial charge in [0.2, 0.25) is 11.7 Å². The van der Waals surface area contributed by atoms with Crippen LogP contribution in [-0.2, 0) is 11.3 Å². The molecule has 1 fully saturated rings. The largest absolute Gasteiger partial charge is 0.493 e. The van der Waals surface area contributed by atoms with Crippen LogP contribution in [0.4, 0.5) is 0 Å². The van der Waals surface area contributed by atoms with Gasteiger partial charge >= 0.3 is 0 Å². The Kier molecular flexibility index (Phi) is 8.95. The van der Waals surface area contributed by atoms with Gasteiger partial charge in [-0.3, -0.25) is 14.6 Å². The van der Waals surface area contributed by atoms with Crippen molar-refractivity contribution in [1.82, 2.24) is 20.2 Å². The molecular formula is C27H32N4O5S. The lowest BCUT2D eigenvalue weighted by Crippen LogP contribution is -2.47. The van der Waals surface area contributed by atoms with Crippen LogP contribution in [0, 0.1) is 0 Å². The van der Waals surface area contributed by atoms with Gasteiger partial charge in [0, 0.05) is 23.3 Å². The molecule has 2 amide bonds. The highest BCUT2D eigenvalue weighted by molar-refractivity contribution is 7.09. The summed E-state index contributed by atoms with van der Waals surface area (Å²) in [6.45, 7) is 0.215. The highest BCUT2D eigenvalue weighted by Crippen LogP contribution is 2.41. The number of rotatable bonds is 10. The van der Waals surface area contributed by atoms with E-state index in [1.807, 2.05) is 17.5 Å². The smallest absolute Gasteiger partial charge is 0.275 e. The van der Waals surface area contributed by atoms with Crippen LogP contribution in [0.15, 0.2) is 48.2 Å². The second-order valence-electron chi connectivity index (χ2n) is 8.81. The topological polar surface area (TPSA) is 103 Å². The van der Waals surface area contributed by atoms with Crippen LogP contribution in [0.1, 0.15) is 59.1 Å². The van der Waals surface area contributed by atoms with Crippen molar-refractivity contribution in [1.29, 1.82) is 0 Å². The van der Waals surface area contributed by atoms with E-state index in [1.165, 1.54) is 62.6 Å². The predicted octanol–water partition coefficient (Wildman–Crippen LogP) is 4.40. The number of thiophene rings is 1. The van der Waals surface area contributed by atoms with Gasteiger partial charge in [-0.1, -0.05) is 25.3 Å². The molecular weight excluding hydrogens is 492 g/mol. The van der Waals surface area contributed by atoms with Crippen LogP contribution in [-0.4, -0.2) is 54.1 Å². The zero-order valence-corrected chi connectivity index (χ0v) is 22.1. The van der Waals surface area contributed by atoms with Gasteiger partial charge in [0.1, 0.15) is 11.7 Å². The lowest BCUT2D eigenvalue weighted by atomic mass is 9.94. The summed E-state index contributed by atoms with van der Waals surface area (Å²) in [5, 5.41) is 5.15. The van der Waals surface area contributed by atoms with E-state index in [4.69, 9.17) is 14.2 Å². The molecule has 0 aliphatic heterocycles. The summed E-state index contributed by atoms with van der Waals surface area (Å²) in [6.07, 6.45) is 9.51. The summed E-state index contributed by atoms with van der Waals surface area (Å²) in [7, 11) is 4.56. The monoisotopic (exact) mass is 524 g/mol. The molecule has 1 aliphatic carbocycles. The Labute approximate surface area is 220 Å². The normalized spacial score (nSPS) is 14.5. The van der Waals surface area contributed by atoms with Crippen molar-refractivity contribution in [2.75, 3.05) is 21.3 Å². The quantitative estimate of drug-likeness (QED) is 0.419. The Morgan fingerprint density at radius 1 is 1.08 bits per heavy atom. The molecule has 3 aromatic rings. The number of nitrogens with zero attached hydrogens (tertiary/aromatic N) is 3. The Balaban J connectivity index is 1.83. The standard InChI is InChI=1S/C27H32N4O5S/c1-34-22-14-18(15-23(35-2)25(22)36-3)24(26(32)30-19-8-5-4-6-9-19)31(17-20-10-7-13-37-20)27(33)21-16-28-11-12-29-21/h7,10-16,19,24H,4-6,8-9,17H2,1-3H3,(H,30,32). The van der Waals surface area contributed by atoms with Crippen LogP contribution in [0.3, 0.4) is 0 Å². The highest BCUT2D eigenvalue weighted by atomic mass is 32.1. The Hall–Kier alpha value is -3.66. The van der Waals surface area contributed by atoms with Crippen LogP contribution in [0.2, 0.25) is 0 Å². The van der Waals surface area contributed by atoms with Crippen LogP contribution >= 0.6 is 11.3 Å². The van der Waals surface area contributed by atoms with Crippen LogP contribution in [0.25, 0.3) is 0 Å². The zero-order valence-electron chi connectivity index (χ0n) is 21.3. The number of amides is 2. The van der Waals surface area contributed by atoms with Crippen LogP contribution in [0.5, 0.6) is 17.2 Å². The Morgan fingerprint density at radius 3 is 2.38 bits per heavy atom. The molecule has 0 spiro atoms. The van der Waals surface area contributed by atoms with Crippen molar-refractivity contribution in [3.8, 4) is 17.2 Å². The molecule has 1 saturated carbocycles. The lowest BCUT2D eigenvalue weighted by molar-refractivity contribution is -0.127. The average Bonchev–Trinajstić information content (AvgIpc) is 3.46. The third kappa shape index (κ3) is 6.19. The van der Waals surface area contributed by atoms with Gasteiger partial charge in [0.15, 0.2) is 11.5 Å². The maximum absolute atomic E-state index is 14.0. The number of aromatic nitrogens is 2. The summed E-state index contributed by atoms with van der Waals surface area (Å²) in [4.78, 5) is 38.7. The number of carbonyl (C=O) groups excluding carboxylic acids is 2.